The lowest BCUT2D eigenvalue weighted by molar-refractivity contribution is -0.141. The summed E-state index contributed by atoms with van der Waals surface area (Å²) in [6.07, 6.45) is -0.671. The molecule has 0 radical (unpaired) electrons. The summed E-state index contributed by atoms with van der Waals surface area (Å²) >= 11 is 12.2. The van der Waals surface area contributed by atoms with Gasteiger partial charge in [-0.1, -0.05) is 29.3 Å². The van der Waals surface area contributed by atoms with Gasteiger partial charge in [-0.3, -0.25) is 9.59 Å². The van der Waals surface area contributed by atoms with E-state index in [0.717, 1.165) is 5.56 Å². The number of alkyl halides is 2. The normalized spacial score (nSPS) is 26.8. The minimum atomic E-state index is -2.89. The quantitative estimate of drug-likeness (QED) is 0.640. The van der Waals surface area contributed by atoms with E-state index >= 15 is 0 Å². The Bertz CT molecular complexity index is 956. The molecule has 1 unspecified atom stereocenters. The third-order valence-corrected chi connectivity index (χ3v) is 7.66. The first-order valence-electron chi connectivity index (χ1n) is 10.9. The van der Waals surface area contributed by atoms with E-state index in [0.29, 0.717) is 36.0 Å². The number of nitrogens with zero attached hydrogens (tertiary/aromatic N) is 2. The minimum Gasteiger partial charge on any atom is -0.465 e. The highest BCUT2D eigenvalue weighted by Crippen LogP contribution is 2.49. The topological polar surface area (TPSA) is 89.9 Å². The number of halogens is 4. The molecule has 7 nitrogen and oxygen atoms in total. The molecule has 3 aliphatic rings. The van der Waals surface area contributed by atoms with E-state index in [1.165, 1.54) is 4.90 Å². The van der Waals surface area contributed by atoms with Crippen molar-refractivity contribution in [2.45, 2.75) is 31.1 Å². The number of rotatable bonds is 5. The van der Waals surface area contributed by atoms with Gasteiger partial charge in [-0.2, -0.15) is 0 Å². The summed E-state index contributed by atoms with van der Waals surface area (Å²) < 4.78 is 26.4. The lowest BCUT2D eigenvalue weighted by atomic mass is 9.89. The highest BCUT2D eigenvalue weighted by molar-refractivity contribution is 6.42. The van der Waals surface area contributed by atoms with Crippen LogP contribution in [0.4, 0.5) is 13.6 Å². The minimum absolute atomic E-state index is 0.0539. The van der Waals surface area contributed by atoms with Crippen molar-refractivity contribution in [2.24, 2.45) is 17.8 Å². The average molecular weight is 504 g/mol. The van der Waals surface area contributed by atoms with Crippen LogP contribution in [0.1, 0.15) is 30.7 Å². The molecule has 2 N–H and O–H groups in total. The van der Waals surface area contributed by atoms with Gasteiger partial charge in [-0.15, -0.1) is 0 Å². The van der Waals surface area contributed by atoms with E-state index in [2.05, 4.69) is 5.32 Å². The van der Waals surface area contributed by atoms with Gasteiger partial charge in [-0.05, 0) is 30.5 Å². The monoisotopic (exact) mass is 503 g/mol. The first-order chi connectivity index (χ1) is 15.6. The van der Waals surface area contributed by atoms with E-state index in [1.807, 2.05) is 6.07 Å². The molecule has 0 bridgehead atoms. The lowest BCUT2D eigenvalue weighted by Crippen LogP contribution is -2.45. The Morgan fingerprint density at radius 3 is 2.30 bits per heavy atom. The zero-order valence-corrected chi connectivity index (χ0v) is 19.3. The van der Waals surface area contributed by atoms with Crippen molar-refractivity contribution in [2.75, 3.05) is 32.7 Å². The Morgan fingerprint density at radius 1 is 1.06 bits per heavy atom. The van der Waals surface area contributed by atoms with Crippen LogP contribution in [-0.2, 0) is 9.59 Å². The molecule has 11 heteroatoms. The van der Waals surface area contributed by atoms with Gasteiger partial charge < -0.3 is 20.2 Å². The molecule has 0 spiro atoms. The van der Waals surface area contributed by atoms with E-state index in [-0.39, 0.29) is 49.7 Å². The number of piperidine rings is 1. The second kappa shape index (κ2) is 9.25. The highest BCUT2D eigenvalue weighted by Gasteiger charge is 2.62. The fourth-order valence-electron chi connectivity index (χ4n) is 4.90. The van der Waals surface area contributed by atoms with Gasteiger partial charge in [0.05, 0.1) is 10.0 Å². The summed E-state index contributed by atoms with van der Waals surface area (Å²) in [4.78, 5) is 39.6. The van der Waals surface area contributed by atoms with Gasteiger partial charge in [-0.25, -0.2) is 13.6 Å². The van der Waals surface area contributed by atoms with Crippen molar-refractivity contribution < 1.29 is 28.3 Å². The average Bonchev–Trinajstić information content (AvgIpc) is 3.22. The van der Waals surface area contributed by atoms with Crippen LogP contribution < -0.4 is 5.32 Å². The van der Waals surface area contributed by atoms with Crippen LogP contribution in [0.15, 0.2) is 18.2 Å². The van der Waals surface area contributed by atoms with Crippen LogP contribution in [-0.4, -0.2) is 71.5 Å². The van der Waals surface area contributed by atoms with Crippen molar-refractivity contribution in [1.29, 1.82) is 0 Å². The molecule has 2 aliphatic heterocycles. The number of benzene rings is 1. The molecule has 3 atom stereocenters. The van der Waals surface area contributed by atoms with E-state index < -0.39 is 23.8 Å². The number of hydrogen-bond donors (Lipinski definition) is 2. The van der Waals surface area contributed by atoms with Gasteiger partial charge in [0.1, 0.15) is 5.92 Å². The van der Waals surface area contributed by atoms with Crippen LogP contribution in [0.5, 0.6) is 0 Å². The number of hydrogen-bond acceptors (Lipinski definition) is 3. The molecule has 1 aromatic carbocycles. The lowest BCUT2D eigenvalue weighted by Gasteiger charge is -2.33. The van der Waals surface area contributed by atoms with Crippen molar-refractivity contribution >= 4 is 41.1 Å². The van der Waals surface area contributed by atoms with E-state index in [1.54, 1.807) is 17.0 Å². The molecule has 1 aliphatic carbocycles. The number of nitrogens with one attached hydrogen (secondary N) is 1. The number of carbonyl (C=O) groups is 3. The van der Waals surface area contributed by atoms with Gasteiger partial charge in [0.2, 0.25) is 11.8 Å². The summed E-state index contributed by atoms with van der Waals surface area (Å²) in [6, 6.07) is 5.26. The second-order valence-electron chi connectivity index (χ2n) is 9.09. The van der Waals surface area contributed by atoms with Gasteiger partial charge in [0.15, 0.2) is 0 Å². The summed E-state index contributed by atoms with van der Waals surface area (Å²) in [5, 5.41) is 12.2. The Hall–Kier alpha value is -2.13. The van der Waals surface area contributed by atoms with Gasteiger partial charge in [0, 0.05) is 56.9 Å². The zero-order valence-electron chi connectivity index (χ0n) is 17.8. The van der Waals surface area contributed by atoms with Crippen LogP contribution >= 0.6 is 23.2 Å². The molecule has 2 saturated heterocycles. The maximum atomic E-state index is 13.2. The van der Waals surface area contributed by atoms with Crippen molar-refractivity contribution in [3.63, 3.8) is 0 Å². The third kappa shape index (κ3) is 5.19. The smallest absolute Gasteiger partial charge is 0.404 e. The van der Waals surface area contributed by atoms with E-state index in [4.69, 9.17) is 28.3 Å². The largest absolute Gasteiger partial charge is 0.465 e. The molecule has 180 valence electrons. The van der Waals surface area contributed by atoms with Crippen LogP contribution in [0.3, 0.4) is 0 Å². The van der Waals surface area contributed by atoms with Crippen LogP contribution in [0, 0.1) is 17.8 Å². The first kappa shape index (κ1) is 24.0. The summed E-state index contributed by atoms with van der Waals surface area (Å²) in [6.45, 7) is 1.56. The Labute approximate surface area is 200 Å². The van der Waals surface area contributed by atoms with Crippen LogP contribution in [0.2, 0.25) is 10.0 Å². The third-order valence-electron chi connectivity index (χ3n) is 6.92. The molecule has 1 saturated carbocycles. The molecular formula is C22H25Cl2F2N3O4. The van der Waals surface area contributed by atoms with Crippen LogP contribution in [0.25, 0.3) is 0 Å². The fourth-order valence-corrected chi connectivity index (χ4v) is 5.21. The van der Waals surface area contributed by atoms with Gasteiger partial charge >= 0.3 is 6.09 Å². The molecule has 1 aromatic rings. The number of carboxylic acid groups (broad SMARTS) is 1. The molecule has 0 aromatic heterocycles. The number of likely N-dealkylation sites (tertiary alicyclic amines) is 2. The zero-order chi connectivity index (χ0) is 23.9. The summed E-state index contributed by atoms with van der Waals surface area (Å²) in [5.41, 5.74) is 0.877. The molecular weight excluding hydrogens is 479 g/mol. The fraction of sp³-hybridized carbons (Fsp3) is 0.591. The Morgan fingerprint density at radius 2 is 1.73 bits per heavy atom. The standard InChI is InChI=1S/C22H25Cl2F2N3O4/c23-17-2-1-13(7-18(17)24)15-11-29(10-14(15)9-27-21(32)33)19(30)12-3-5-28(6-4-12)20(31)16-8-22(16,25)26/h1-2,7,12,14-16,27H,3-6,8-11H2,(H,32,33)/t14-,15-,16?/m0/s1. The molecule has 33 heavy (non-hydrogen) atoms. The van der Waals surface area contributed by atoms with Gasteiger partial charge in [0.25, 0.3) is 5.92 Å². The second-order valence-corrected chi connectivity index (χ2v) is 9.90. The molecule has 2 heterocycles. The van der Waals surface area contributed by atoms with Crippen molar-refractivity contribution in [1.82, 2.24) is 15.1 Å². The number of amides is 3. The predicted octanol–water partition coefficient (Wildman–Crippen LogP) is 3.70. The van der Waals surface area contributed by atoms with Crippen molar-refractivity contribution in [3.05, 3.63) is 33.8 Å². The Kier molecular flexibility index (Phi) is 6.73. The summed E-state index contributed by atoms with van der Waals surface area (Å²) in [7, 11) is 0. The molecule has 3 fully saturated rings. The SMILES string of the molecule is O=C(O)NC[C@H]1CN(C(=O)C2CCN(C(=O)C3CC3(F)F)CC2)C[C@H]1c1ccc(Cl)c(Cl)c1. The van der Waals surface area contributed by atoms with E-state index in [9.17, 15) is 23.2 Å². The molecule has 4 rings (SSSR count). The Balaban J connectivity index is 1.39. The van der Waals surface area contributed by atoms with Crippen molar-refractivity contribution in [3.8, 4) is 0 Å². The maximum absolute atomic E-state index is 13.2. The first-order valence-corrected chi connectivity index (χ1v) is 11.7. The number of carbonyl (C=O) groups excluding carboxylic acids is 2. The predicted molar refractivity (Wildman–Crippen MR) is 118 cm³/mol. The molecule has 3 amide bonds. The highest BCUT2D eigenvalue weighted by atomic mass is 35.5. The summed E-state index contributed by atoms with van der Waals surface area (Å²) in [5.74, 6) is -5.23. The maximum Gasteiger partial charge on any atom is 0.404 e.